The summed E-state index contributed by atoms with van der Waals surface area (Å²) in [6.45, 7) is 1.90. The predicted octanol–water partition coefficient (Wildman–Crippen LogP) is 1.00. The van der Waals surface area contributed by atoms with Gasteiger partial charge in [0.25, 0.3) is 0 Å². The van der Waals surface area contributed by atoms with Crippen LogP contribution in [-0.2, 0) is 0 Å². The van der Waals surface area contributed by atoms with E-state index in [4.69, 9.17) is 15.7 Å². The van der Waals surface area contributed by atoms with E-state index in [1.54, 1.807) is 12.3 Å². The van der Waals surface area contributed by atoms with Crippen molar-refractivity contribution in [2.24, 2.45) is 5.73 Å². The third kappa shape index (κ3) is 2.73. The first-order chi connectivity index (χ1) is 6.24. The van der Waals surface area contributed by atoms with Crippen molar-refractivity contribution in [3.8, 4) is 11.9 Å². The molecule has 0 radical (unpaired) electrons. The van der Waals surface area contributed by atoms with Crippen molar-refractivity contribution in [1.29, 1.82) is 5.26 Å². The van der Waals surface area contributed by atoms with E-state index in [0.717, 1.165) is 5.56 Å². The SMILES string of the molecule is C[C@H](N)c1ccc(OCC#N)nc1. The van der Waals surface area contributed by atoms with Gasteiger partial charge in [-0.2, -0.15) is 5.26 Å². The van der Waals surface area contributed by atoms with Crippen LogP contribution >= 0.6 is 0 Å². The molecule has 0 saturated heterocycles. The quantitative estimate of drug-likeness (QED) is 0.747. The van der Waals surface area contributed by atoms with Gasteiger partial charge in [-0.1, -0.05) is 6.07 Å². The Labute approximate surface area is 77.0 Å². The maximum atomic E-state index is 8.25. The van der Waals surface area contributed by atoms with E-state index >= 15 is 0 Å². The molecule has 0 amide bonds. The molecule has 4 heteroatoms. The van der Waals surface area contributed by atoms with Crippen LogP contribution in [0.3, 0.4) is 0 Å². The molecule has 0 aromatic carbocycles. The van der Waals surface area contributed by atoms with Crippen molar-refractivity contribution >= 4 is 0 Å². The summed E-state index contributed by atoms with van der Waals surface area (Å²) in [4.78, 5) is 3.98. The van der Waals surface area contributed by atoms with E-state index in [-0.39, 0.29) is 12.6 Å². The highest BCUT2D eigenvalue weighted by Crippen LogP contribution is 2.11. The molecule has 0 aliphatic carbocycles. The van der Waals surface area contributed by atoms with Gasteiger partial charge in [0.1, 0.15) is 6.07 Å². The summed E-state index contributed by atoms with van der Waals surface area (Å²) >= 11 is 0. The van der Waals surface area contributed by atoms with Crippen LogP contribution < -0.4 is 10.5 Å². The van der Waals surface area contributed by atoms with E-state index in [1.165, 1.54) is 0 Å². The molecule has 68 valence electrons. The molecule has 1 heterocycles. The van der Waals surface area contributed by atoms with Crippen LogP contribution in [0.5, 0.6) is 5.88 Å². The summed E-state index contributed by atoms with van der Waals surface area (Å²) in [7, 11) is 0. The Morgan fingerprint density at radius 3 is 2.92 bits per heavy atom. The van der Waals surface area contributed by atoms with E-state index in [0.29, 0.717) is 5.88 Å². The Balaban J connectivity index is 2.65. The standard InChI is InChI=1S/C9H11N3O/c1-7(11)8-2-3-9(12-6-8)13-5-4-10/h2-3,6-7H,5,11H2,1H3/t7-/m0/s1. The van der Waals surface area contributed by atoms with Gasteiger partial charge in [0.2, 0.25) is 5.88 Å². The second-order valence-electron chi connectivity index (χ2n) is 2.67. The van der Waals surface area contributed by atoms with Gasteiger partial charge in [0.05, 0.1) is 0 Å². The molecular weight excluding hydrogens is 166 g/mol. The molecule has 1 atom stereocenters. The normalized spacial score (nSPS) is 11.8. The zero-order chi connectivity index (χ0) is 9.68. The van der Waals surface area contributed by atoms with Crippen LogP contribution in [0, 0.1) is 11.3 Å². The number of hydrogen-bond acceptors (Lipinski definition) is 4. The zero-order valence-corrected chi connectivity index (χ0v) is 7.40. The minimum Gasteiger partial charge on any atom is -0.462 e. The van der Waals surface area contributed by atoms with Crippen molar-refractivity contribution in [1.82, 2.24) is 4.98 Å². The van der Waals surface area contributed by atoms with E-state index in [2.05, 4.69) is 4.98 Å². The summed E-state index contributed by atoms with van der Waals surface area (Å²) in [6, 6.07) is 5.38. The fourth-order valence-corrected chi connectivity index (χ4v) is 0.853. The van der Waals surface area contributed by atoms with Crippen LogP contribution in [0.15, 0.2) is 18.3 Å². The third-order valence-electron chi connectivity index (χ3n) is 1.57. The first-order valence-electron chi connectivity index (χ1n) is 3.95. The van der Waals surface area contributed by atoms with E-state index in [1.807, 2.05) is 19.1 Å². The summed E-state index contributed by atoms with van der Waals surface area (Å²) < 4.78 is 4.98. The molecule has 0 aliphatic heterocycles. The van der Waals surface area contributed by atoms with Crippen LogP contribution in [0.1, 0.15) is 18.5 Å². The van der Waals surface area contributed by atoms with Crippen LogP contribution in [0.2, 0.25) is 0 Å². The van der Waals surface area contributed by atoms with Gasteiger partial charge in [0.15, 0.2) is 6.61 Å². The lowest BCUT2D eigenvalue weighted by Gasteiger charge is -2.05. The average Bonchev–Trinajstić information content (AvgIpc) is 2.15. The smallest absolute Gasteiger partial charge is 0.214 e. The second-order valence-corrected chi connectivity index (χ2v) is 2.67. The summed E-state index contributed by atoms with van der Waals surface area (Å²) in [6.07, 6.45) is 1.65. The lowest BCUT2D eigenvalue weighted by atomic mass is 10.2. The minimum atomic E-state index is -0.0301. The number of hydrogen-bond donors (Lipinski definition) is 1. The van der Waals surface area contributed by atoms with Crippen LogP contribution in [-0.4, -0.2) is 11.6 Å². The zero-order valence-electron chi connectivity index (χ0n) is 7.40. The highest BCUT2D eigenvalue weighted by Gasteiger charge is 1.99. The van der Waals surface area contributed by atoms with E-state index < -0.39 is 0 Å². The third-order valence-corrected chi connectivity index (χ3v) is 1.57. The Morgan fingerprint density at radius 2 is 2.46 bits per heavy atom. The van der Waals surface area contributed by atoms with Crippen molar-refractivity contribution in [3.05, 3.63) is 23.9 Å². The van der Waals surface area contributed by atoms with Crippen LogP contribution in [0.25, 0.3) is 0 Å². The van der Waals surface area contributed by atoms with Gasteiger partial charge in [0, 0.05) is 18.3 Å². The lowest BCUT2D eigenvalue weighted by Crippen LogP contribution is -2.05. The van der Waals surface area contributed by atoms with Gasteiger partial charge >= 0.3 is 0 Å². The molecule has 1 rings (SSSR count). The Hall–Kier alpha value is -1.60. The fourth-order valence-electron chi connectivity index (χ4n) is 0.853. The first kappa shape index (κ1) is 9.49. The number of nitrogens with zero attached hydrogens (tertiary/aromatic N) is 2. The minimum absolute atomic E-state index is 0.0184. The Bertz CT molecular complexity index is 300. The van der Waals surface area contributed by atoms with Gasteiger partial charge in [-0.05, 0) is 12.5 Å². The summed E-state index contributed by atoms with van der Waals surface area (Å²) in [5.41, 5.74) is 6.58. The molecule has 0 bridgehead atoms. The highest BCUT2D eigenvalue weighted by atomic mass is 16.5. The molecule has 0 aliphatic rings. The van der Waals surface area contributed by atoms with Crippen molar-refractivity contribution in [3.63, 3.8) is 0 Å². The van der Waals surface area contributed by atoms with Crippen LogP contribution in [0.4, 0.5) is 0 Å². The van der Waals surface area contributed by atoms with E-state index in [9.17, 15) is 0 Å². The predicted molar refractivity (Wildman–Crippen MR) is 47.9 cm³/mol. The average molecular weight is 177 g/mol. The topological polar surface area (TPSA) is 71.9 Å². The molecule has 0 spiro atoms. The molecule has 1 aromatic rings. The maximum absolute atomic E-state index is 8.25. The Kier molecular flexibility index (Phi) is 3.23. The van der Waals surface area contributed by atoms with Gasteiger partial charge in [-0.25, -0.2) is 4.98 Å². The van der Waals surface area contributed by atoms with Crippen molar-refractivity contribution in [2.45, 2.75) is 13.0 Å². The Morgan fingerprint density at radius 1 is 1.69 bits per heavy atom. The maximum Gasteiger partial charge on any atom is 0.214 e. The second kappa shape index (κ2) is 4.43. The molecule has 0 unspecified atom stereocenters. The number of ether oxygens (including phenoxy) is 1. The van der Waals surface area contributed by atoms with Crippen molar-refractivity contribution in [2.75, 3.05) is 6.61 Å². The number of nitrogens with two attached hydrogens (primary N) is 1. The van der Waals surface area contributed by atoms with Crippen molar-refractivity contribution < 1.29 is 4.74 Å². The molecule has 0 fully saturated rings. The lowest BCUT2D eigenvalue weighted by molar-refractivity contribution is 0.353. The molecule has 4 nitrogen and oxygen atoms in total. The monoisotopic (exact) mass is 177 g/mol. The first-order valence-corrected chi connectivity index (χ1v) is 3.95. The highest BCUT2D eigenvalue weighted by molar-refractivity contribution is 5.20. The number of rotatable bonds is 3. The van der Waals surface area contributed by atoms with Gasteiger partial charge in [-0.15, -0.1) is 0 Å². The fraction of sp³-hybridized carbons (Fsp3) is 0.333. The largest absolute Gasteiger partial charge is 0.462 e. The molecular formula is C9H11N3O. The molecule has 2 N–H and O–H groups in total. The molecule has 1 aromatic heterocycles. The summed E-state index contributed by atoms with van der Waals surface area (Å²) in [5.74, 6) is 0.450. The van der Waals surface area contributed by atoms with Gasteiger partial charge < -0.3 is 10.5 Å². The number of nitriles is 1. The number of pyridine rings is 1. The number of aromatic nitrogens is 1. The molecule has 0 saturated carbocycles. The molecule has 13 heavy (non-hydrogen) atoms. The summed E-state index contributed by atoms with van der Waals surface area (Å²) in [5, 5.41) is 8.25. The van der Waals surface area contributed by atoms with Gasteiger partial charge in [-0.3, -0.25) is 0 Å².